The number of nitrogens with two attached hydrogens (primary N) is 1. The van der Waals surface area contributed by atoms with Gasteiger partial charge in [0.05, 0.1) is 0 Å². The first-order valence-corrected chi connectivity index (χ1v) is 6.96. The zero-order valence-corrected chi connectivity index (χ0v) is 12.7. The third-order valence-corrected chi connectivity index (χ3v) is 3.06. The van der Waals surface area contributed by atoms with Gasteiger partial charge in [0.1, 0.15) is 12.2 Å². The molecule has 0 radical (unpaired) electrons. The second kappa shape index (κ2) is 7.16. The maximum absolute atomic E-state index is 12.1. The van der Waals surface area contributed by atoms with Crippen molar-refractivity contribution in [1.29, 1.82) is 0 Å². The van der Waals surface area contributed by atoms with Crippen LogP contribution in [0.2, 0.25) is 0 Å². The standard InChI is InChI=1S/C15H15F3N4O2/c1-9(14(23)21-8-15(16,17)18)24-22-13(19)12-11-5-3-2-4-10(11)6-7-20-12/h2-7,9H,8H2,1H3,(H2,19,22)(H,21,23)/t9-/m0/s1. The predicted molar refractivity (Wildman–Crippen MR) is 82.1 cm³/mol. The topological polar surface area (TPSA) is 89.6 Å². The molecule has 0 bridgehead atoms. The number of benzene rings is 1. The fourth-order valence-electron chi connectivity index (χ4n) is 1.88. The summed E-state index contributed by atoms with van der Waals surface area (Å²) in [5.41, 5.74) is 6.16. The molecular weight excluding hydrogens is 325 g/mol. The molecule has 0 spiro atoms. The minimum Gasteiger partial charge on any atom is -0.381 e. The van der Waals surface area contributed by atoms with E-state index in [0.29, 0.717) is 5.69 Å². The number of oxime groups is 1. The molecule has 0 fully saturated rings. The van der Waals surface area contributed by atoms with Gasteiger partial charge in [0.2, 0.25) is 6.10 Å². The molecule has 0 saturated carbocycles. The van der Waals surface area contributed by atoms with Crippen molar-refractivity contribution in [2.24, 2.45) is 10.9 Å². The van der Waals surface area contributed by atoms with Crippen LogP contribution in [0.3, 0.4) is 0 Å². The number of amidine groups is 1. The number of fused-ring (bicyclic) bond motifs is 1. The van der Waals surface area contributed by atoms with E-state index in [1.807, 2.05) is 12.1 Å². The molecule has 128 valence electrons. The van der Waals surface area contributed by atoms with Gasteiger partial charge >= 0.3 is 6.18 Å². The van der Waals surface area contributed by atoms with Crippen LogP contribution in [0.25, 0.3) is 10.8 Å². The molecule has 0 aliphatic heterocycles. The van der Waals surface area contributed by atoms with Gasteiger partial charge in [-0.1, -0.05) is 29.4 Å². The molecule has 3 N–H and O–H groups in total. The normalized spacial score (nSPS) is 13.6. The molecule has 0 aliphatic rings. The monoisotopic (exact) mass is 340 g/mol. The van der Waals surface area contributed by atoms with Crippen molar-refractivity contribution in [3.63, 3.8) is 0 Å². The Labute approximate surface area is 135 Å². The number of carbonyl (C=O) groups excluding carboxylic acids is 1. The highest BCUT2D eigenvalue weighted by Gasteiger charge is 2.29. The number of aromatic nitrogens is 1. The summed E-state index contributed by atoms with van der Waals surface area (Å²) >= 11 is 0. The van der Waals surface area contributed by atoms with E-state index in [1.165, 1.54) is 6.92 Å². The van der Waals surface area contributed by atoms with Crippen LogP contribution >= 0.6 is 0 Å². The van der Waals surface area contributed by atoms with Crippen molar-refractivity contribution in [2.45, 2.75) is 19.2 Å². The van der Waals surface area contributed by atoms with E-state index in [9.17, 15) is 18.0 Å². The van der Waals surface area contributed by atoms with Gasteiger partial charge in [0.25, 0.3) is 5.91 Å². The van der Waals surface area contributed by atoms with Crippen LogP contribution in [0, 0.1) is 0 Å². The molecule has 0 saturated heterocycles. The lowest BCUT2D eigenvalue weighted by Crippen LogP contribution is -2.39. The van der Waals surface area contributed by atoms with Crippen molar-refractivity contribution in [1.82, 2.24) is 10.3 Å². The lowest BCUT2D eigenvalue weighted by Gasteiger charge is -2.12. The number of alkyl halides is 3. The quantitative estimate of drug-likeness (QED) is 0.494. The Bertz CT molecular complexity index is 756. The summed E-state index contributed by atoms with van der Waals surface area (Å²) in [6.07, 6.45) is -4.19. The highest BCUT2D eigenvalue weighted by molar-refractivity contribution is 6.06. The maximum atomic E-state index is 12.1. The van der Waals surface area contributed by atoms with Gasteiger partial charge in [0, 0.05) is 11.6 Å². The molecule has 6 nitrogen and oxygen atoms in total. The summed E-state index contributed by atoms with van der Waals surface area (Å²) in [5, 5.41) is 6.92. The number of carbonyl (C=O) groups is 1. The molecule has 1 aromatic heterocycles. The minimum absolute atomic E-state index is 0.0812. The van der Waals surface area contributed by atoms with Gasteiger partial charge in [-0.05, 0) is 18.4 Å². The Balaban J connectivity index is 2.06. The lowest BCUT2D eigenvalue weighted by molar-refractivity contribution is -0.145. The third kappa shape index (κ3) is 4.58. The van der Waals surface area contributed by atoms with E-state index < -0.39 is 24.7 Å². The maximum Gasteiger partial charge on any atom is 0.405 e. The molecule has 2 aromatic rings. The molecule has 0 aliphatic carbocycles. The summed E-state index contributed by atoms with van der Waals surface area (Å²) < 4.78 is 36.2. The van der Waals surface area contributed by atoms with Crippen LogP contribution in [0.5, 0.6) is 0 Å². The van der Waals surface area contributed by atoms with Gasteiger partial charge in [-0.2, -0.15) is 13.2 Å². The number of amides is 1. The zero-order valence-electron chi connectivity index (χ0n) is 12.7. The molecule has 2 rings (SSSR count). The summed E-state index contributed by atoms with van der Waals surface area (Å²) in [7, 11) is 0. The lowest BCUT2D eigenvalue weighted by atomic mass is 10.1. The number of rotatable bonds is 5. The van der Waals surface area contributed by atoms with Gasteiger partial charge in [-0.15, -0.1) is 0 Å². The molecule has 1 amide bonds. The zero-order chi connectivity index (χ0) is 17.7. The average Bonchev–Trinajstić information content (AvgIpc) is 2.56. The van der Waals surface area contributed by atoms with Crippen LogP contribution in [0.4, 0.5) is 13.2 Å². The van der Waals surface area contributed by atoms with Crippen molar-refractivity contribution in [3.8, 4) is 0 Å². The molecule has 24 heavy (non-hydrogen) atoms. The number of hydrogen-bond donors (Lipinski definition) is 2. The van der Waals surface area contributed by atoms with Crippen LogP contribution in [-0.2, 0) is 9.63 Å². The summed E-state index contributed by atoms with van der Waals surface area (Å²) in [5.74, 6) is -1.03. The molecule has 1 aromatic carbocycles. The number of pyridine rings is 1. The Morgan fingerprint density at radius 1 is 1.38 bits per heavy atom. The second-order valence-corrected chi connectivity index (χ2v) is 4.94. The van der Waals surface area contributed by atoms with Gasteiger partial charge in [-0.25, -0.2) is 0 Å². The van der Waals surface area contributed by atoms with Gasteiger partial charge in [-0.3, -0.25) is 9.78 Å². The smallest absolute Gasteiger partial charge is 0.381 e. The third-order valence-electron chi connectivity index (χ3n) is 3.06. The highest BCUT2D eigenvalue weighted by atomic mass is 19.4. The summed E-state index contributed by atoms with van der Waals surface area (Å²) in [4.78, 5) is 20.5. The van der Waals surface area contributed by atoms with Crippen LogP contribution in [0.1, 0.15) is 12.6 Å². The van der Waals surface area contributed by atoms with Crippen LogP contribution < -0.4 is 11.1 Å². The Hall–Kier alpha value is -2.84. The van der Waals surface area contributed by atoms with E-state index in [4.69, 9.17) is 10.6 Å². The molecule has 1 atom stereocenters. The van der Waals surface area contributed by atoms with Gasteiger partial charge in [0.15, 0.2) is 5.84 Å². The minimum atomic E-state index is -4.50. The Morgan fingerprint density at radius 2 is 2.08 bits per heavy atom. The predicted octanol–water partition coefficient (Wildman–Crippen LogP) is 1.94. The molecule has 9 heteroatoms. The fraction of sp³-hybridized carbons (Fsp3) is 0.267. The number of halogens is 3. The van der Waals surface area contributed by atoms with E-state index in [-0.39, 0.29) is 5.84 Å². The van der Waals surface area contributed by atoms with Crippen molar-refractivity contribution >= 4 is 22.5 Å². The number of hydrogen-bond acceptors (Lipinski definition) is 4. The number of nitrogens with zero attached hydrogens (tertiary/aromatic N) is 2. The van der Waals surface area contributed by atoms with Crippen LogP contribution in [0.15, 0.2) is 41.7 Å². The van der Waals surface area contributed by atoms with E-state index in [2.05, 4.69) is 10.1 Å². The van der Waals surface area contributed by atoms with Crippen molar-refractivity contribution in [3.05, 3.63) is 42.2 Å². The number of nitrogens with one attached hydrogen (secondary N) is 1. The first-order chi connectivity index (χ1) is 11.3. The van der Waals surface area contributed by atoms with Crippen LogP contribution in [-0.4, -0.2) is 35.6 Å². The SMILES string of the molecule is C[C@H](O/N=C(\N)c1nccc2ccccc12)C(=O)NCC(F)(F)F. The second-order valence-electron chi connectivity index (χ2n) is 4.94. The average molecular weight is 340 g/mol. The summed E-state index contributed by atoms with van der Waals surface area (Å²) in [6, 6.07) is 9.10. The molecular formula is C15H15F3N4O2. The van der Waals surface area contributed by atoms with Crippen molar-refractivity contribution in [2.75, 3.05) is 6.54 Å². The van der Waals surface area contributed by atoms with Gasteiger partial charge < -0.3 is 15.9 Å². The first-order valence-electron chi connectivity index (χ1n) is 6.96. The Morgan fingerprint density at radius 3 is 2.79 bits per heavy atom. The van der Waals surface area contributed by atoms with E-state index in [1.54, 1.807) is 29.7 Å². The van der Waals surface area contributed by atoms with E-state index >= 15 is 0 Å². The first kappa shape index (κ1) is 17.5. The fourth-order valence-corrected chi connectivity index (χ4v) is 1.88. The summed E-state index contributed by atoms with van der Waals surface area (Å²) in [6.45, 7) is -0.178. The highest BCUT2D eigenvalue weighted by Crippen LogP contribution is 2.16. The van der Waals surface area contributed by atoms with Crippen molar-refractivity contribution < 1.29 is 22.8 Å². The molecule has 1 heterocycles. The Kier molecular flexibility index (Phi) is 5.22. The largest absolute Gasteiger partial charge is 0.405 e. The molecule has 0 unspecified atom stereocenters. The van der Waals surface area contributed by atoms with E-state index in [0.717, 1.165) is 10.8 Å².